The van der Waals surface area contributed by atoms with Crippen molar-refractivity contribution < 1.29 is 9.53 Å². The highest BCUT2D eigenvalue weighted by molar-refractivity contribution is 6.04. The normalized spacial score (nSPS) is 16.9. The number of anilines is 1. The van der Waals surface area contributed by atoms with Crippen LogP contribution in [0.3, 0.4) is 0 Å². The van der Waals surface area contributed by atoms with Gasteiger partial charge in [0.25, 0.3) is 5.91 Å². The van der Waals surface area contributed by atoms with Crippen LogP contribution in [0.15, 0.2) is 42.7 Å². The van der Waals surface area contributed by atoms with Gasteiger partial charge in [0.15, 0.2) is 0 Å². The Kier molecular flexibility index (Phi) is 4.26. The summed E-state index contributed by atoms with van der Waals surface area (Å²) in [5, 5.41) is 15.7. The number of aromatic nitrogens is 5. The summed E-state index contributed by atoms with van der Waals surface area (Å²) in [5.41, 5.74) is 1.91. The topological polar surface area (TPSA) is 94.0 Å². The van der Waals surface area contributed by atoms with Crippen LogP contribution in [-0.2, 0) is 4.74 Å². The second kappa shape index (κ2) is 6.86. The summed E-state index contributed by atoms with van der Waals surface area (Å²) in [4.78, 5) is 19.0. The molecule has 1 amide bonds. The van der Waals surface area contributed by atoms with E-state index in [9.17, 15) is 4.79 Å². The van der Waals surface area contributed by atoms with Crippen molar-refractivity contribution in [1.29, 1.82) is 0 Å². The summed E-state index contributed by atoms with van der Waals surface area (Å²) in [6.45, 7) is 1.13. The van der Waals surface area contributed by atoms with Crippen molar-refractivity contribution in [1.82, 2.24) is 25.4 Å². The first kappa shape index (κ1) is 15.5. The summed E-state index contributed by atoms with van der Waals surface area (Å²) < 4.78 is 5.67. The second-order valence-corrected chi connectivity index (χ2v) is 5.78. The highest BCUT2D eigenvalue weighted by Gasteiger charge is 2.27. The number of nitrogens with zero attached hydrogens (tertiary/aromatic N) is 6. The van der Waals surface area contributed by atoms with Crippen LogP contribution in [0.5, 0.6) is 0 Å². The Labute approximate surface area is 143 Å². The van der Waals surface area contributed by atoms with Crippen molar-refractivity contribution in [2.24, 2.45) is 0 Å². The number of benzene rings is 1. The van der Waals surface area contributed by atoms with Gasteiger partial charge in [-0.15, -0.1) is 10.2 Å². The minimum Gasteiger partial charge on any atom is -0.376 e. The van der Waals surface area contributed by atoms with Crippen LogP contribution >= 0.6 is 0 Å². The van der Waals surface area contributed by atoms with E-state index in [1.165, 1.54) is 0 Å². The van der Waals surface area contributed by atoms with E-state index >= 15 is 0 Å². The maximum absolute atomic E-state index is 13.0. The Morgan fingerprint density at radius 2 is 2.04 bits per heavy atom. The highest BCUT2D eigenvalue weighted by Crippen LogP contribution is 2.20. The lowest BCUT2D eigenvalue weighted by molar-refractivity contribution is 0.0908. The van der Waals surface area contributed by atoms with Crippen LogP contribution in [0.2, 0.25) is 0 Å². The van der Waals surface area contributed by atoms with E-state index in [1.807, 2.05) is 12.1 Å². The molecule has 2 aromatic heterocycles. The molecule has 126 valence electrons. The molecular weight excluding hydrogens is 320 g/mol. The average molecular weight is 336 g/mol. The summed E-state index contributed by atoms with van der Waals surface area (Å²) in [5.74, 6) is -0.282. The van der Waals surface area contributed by atoms with Crippen molar-refractivity contribution in [2.45, 2.75) is 18.9 Å². The third-order valence-electron chi connectivity index (χ3n) is 4.09. The lowest BCUT2D eigenvalue weighted by Gasteiger charge is -2.24. The molecule has 1 aromatic carbocycles. The standard InChI is InChI=1S/C17H16N6O2/c24-17(16-20-14-5-1-2-6-15(14)21-22-16)23(11-13-4-3-9-25-13)12-7-8-18-19-10-12/h1-2,5-8,10,13H,3-4,9,11H2. The Hall–Kier alpha value is -3.00. The van der Waals surface area contributed by atoms with Gasteiger partial charge in [-0.3, -0.25) is 4.79 Å². The third kappa shape index (κ3) is 3.29. The van der Waals surface area contributed by atoms with Gasteiger partial charge in [-0.1, -0.05) is 12.1 Å². The zero-order valence-corrected chi connectivity index (χ0v) is 13.4. The number of carbonyl (C=O) groups excluding carboxylic acids is 1. The van der Waals surface area contributed by atoms with E-state index in [1.54, 1.807) is 35.5 Å². The zero-order valence-electron chi connectivity index (χ0n) is 13.4. The molecular formula is C17H16N6O2. The van der Waals surface area contributed by atoms with Crippen molar-refractivity contribution in [3.63, 3.8) is 0 Å². The number of amides is 1. The van der Waals surface area contributed by atoms with Crippen LogP contribution in [0.4, 0.5) is 5.69 Å². The quantitative estimate of drug-likeness (QED) is 0.715. The Morgan fingerprint density at radius 3 is 2.80 bits per heavy atom. The van der Waals surface area contributed by atoms with Gasteiger partial charge >= 0.3 is 0 Å². The molecule has 8 heteroatoms. The second-order valence-electron chi connectivity index (χ2n) is 5.78. The van der Waals surface area contributed by atoms with Crippen LogP contribution in [0, 0.1) is 0 Å². The van der Waals surface area contributed by atoms with E-state index in [0.717, 1.165) is 19.4 Å². The first-order valence-corrected chi connectivity index (χ1v) is 8.11. The van der Waals surface area contributed by atoms with E-state index < -0.39 is 0 Å². The van der Waals surface area contributed by atoms with Gasteiger partial charge in [-0.25, -0.2) is 4.98 Å². The van der Waals surface area contributed by atoms with Gasteiger partial charge in [0.05, 0.1) is 36.2 Å². The Bertz CT molecular complexity index is 882. The maximum atomic E-state index is 13.0. The molecule has 1 fully saturated rings. The Morgan fingerprint density at radius 1 is 1.16 bits per heavy atom. The van der Waals surface area contributed by atoms with Crippen molar-refractivity contribution in [2.75, 3.05) is 18.1 Å². The number of carbonyl (C=O) groups is 1. The van der Waals surface area contributed by atoms with Crippen LogP contribution in [0.25, 0.3) is 11.0 Å². The van der Waals surface area contributed by atoms with Crippen molar-refractivity contribution in [3.05, 3.63) is 48.5 Å². The molecule has 0 N–H and O–H groups in total. The van der Waals surface area contributed by atoms with Crippen molar-refractivity contribution >= 4 is 22.6 Å². The van der Waals surface area contributed by atoms with E-state index in [0.29, 0.717) is 23.3 Å². The molecule has 1 aliphatic rings. The summed E-state index contributed by atoms with van der Waals surface area (Å²) in [6.07, 6.45) is 4.99. The van der Waals surface area contributed by atoms with E-state index in [2.05, 4.69) is 25.4 Å². The minimum atomic E-state index is -0.332. The molecule has 4 rings (SSSR count). The first-order valence-electron chi connectivity index (χ1n) is 8.11. The van der Waals surface area contributed by atoms with Gasteiger partial charge in [0.2, 0.25) is 5.82 Å². The fourth-order valence-electron chi connectivity index (χ4n) is 2.83. The fraction of sp³-hybridized carbons (Fsp3) is 0.294. The SMILES string of the molecule is O=C(c1nnc2ccccc2n1)N(CC1CCCO1)c1ccnnc1. The molecule has 1 saturated heterocycles. The number of fused-ring (bicyclic) bond motifs is 1. The average Bonchev–Trinajstić information content (AvgIpc) is 3.19. The number of hydrogen-bond acceptors (Lipinski definition) is 7. The molecule has 0 spiro atoms. The molecule has 3 aromatic rings. The molecule has 25 heavy (non-hydrogen) atoms. The summed E-state index contributed by atoms with van der Waals surface area (Å²) in [7, 11) is 0. The van der Waals surface area contributed by atoms with Gasteiger partial charge in [-0.2, -0.15) is 10.2 Å². The lowest BCUT2D eigenvalue weighted by atomic mass is 10.2. The largest absolute Gasteiger partial charge is 0.376 e. The van der Waals surface area contributed by atoms with Gasteiger partial charge in [0.1, 0.15) is 5.52 Å². The summed E-state index contributed by atoms with van der Waals surface area (Å²) in [6, 6.07) is 9.04. The predicted molar refractivity (Wildman–Crippen MR) is 90.0 cm³/mol. The number of rotatable bonds is 4. The smallest absolute Gasteiger partial charge is 0.298 e. The van der Waals surface area contributed by atoms with Gasteiger partial charge < -0.3 is 9.64 Å². The molecule has 0 radical (unpaired) electrons. The molecule has 1 atom stereocenters. The molecule has 0 saturated carbocycles. The van der Waals surface area contributed by atoms with E-state index in [4.69, 9.17) is 4.74 Å². The van der Waals surface area contributed by atoms with Crippen LogP contribution < -0.4 is 4.90 Å². The fourth-order valence-corrected chi connectivity index (χ4v) is 2.83. The molecule has 1 unspecified atom stereocenters. The lowest BCUT2D eigenvalue weighted by Crippen LogP contribution is -2.38. The van der Waals surface area contributed by atoms with Crippen LogP contribution in [0.1, 0.15) is 23.5 Å². The molecule has 0 bridgehead atoms. The number of hydrogen-bond donors (Lipinski definition) is 0. The predicted octanol–water partition coefficient (Wildman–Crippen LogP) is 1.64. The maximum Gasteiger partial charge on any atom is 0.298 e. The monoisotopic (exact) mass is 336 g/mol. The minimum absolute atomic E-state index is 0.00877. The highest BCUT2D eigenvalue weighted by atomic mass is 16.5. The third-order valence-corrected chi connectivity index (χ3v) is 4.09. The molecule has 0 aliphatic carbocycles. The Balaban J connectivity index is 1.67. The molecule has 8 nitrogen and oxygen atoms in total. The van der Waals surface area contributed by atoms with Gasteiger partial charge in [0, 0.05) is 6.61 Å². The van der Waals surface area contributed by atoms with E-state index in [-0.39, 0.29) is 17.8 Å². The van der Waals surface area contributed by atoms with Crippen LogP contribution in [-0.4, -0.2) is 50.5 Å². The molecule has 3 heterocycles. The first-order chi connectivity index (χ1) is 12.3. The number of ether oxygens (including phenoxy) is 1. The van der Waals surface area contributed by atoms with Gasteiger partial charge in [-0.05, 0) is 31.0 Å². The summed E-state index contributed by atoms with van der Waals surface area (Å²) >= 11 is 0. The van der Waals surface area contributed by atoms with Crippen molar-refractivity contribution in [3.8, 4) is 0 Å². The molecule has 1 aliphatic heterocycles. The number of para-hydroxylation sites is 1. The zero-order chi connectivity index (χ0) is 17.1.